The highest BCUT2D eigenvalue weighted by atomic mass is 14.1. The minimum absolute atomic E-state index is 1.07. The summed E-state index contributed by atoms with van der Waals surface area (Å²) >= 11 is 0. The summed E-state index contributed by atoms with van der Waals surface area (Å²) in [6.45, 7) is 4.30. The molecule has 0 amide bonds. The summed E-state index contributed by atoms with van der Waals surface area (Å²) in [6, 6.07) is 19.1. The monoisotopic (exact) mass is 248 g/mol. The van der Waals surface area contributed by atoms with Crippen molar-refractivity contribution in [2.24, 2.45) is 0 Å². The Hall–Kier alpha value is -2.04. The Labute approximate surface area is 116 Å². The first-order chi connectivity index (χ1) is 9.31. The molecule has 0 saturated heterocycles. The van der Waals surface area contributed by atoms with Gasteiger partial charge >= 0.3 is 0 Å². The van der Waals surface area contributed by atoms with Crippen molar-refractivity contribution in [3.8, 4) is 0 Å². The predicted molar refractivity (Wildman–Crippen MR) is 83.1 cm³/mol. The molecule has 0 aliphatic heterocycles. The summed E-state index contributed by atoms with van der Waals surface area (Å²) < 4.78 is 0. The Morgan fingerprint density at radius 2 is 1.58 bits per heavy atom. The van der Waals surface area contributed by atoms with E-state index in [4.69, 9.17) is 0 Å². The third kappa shape index (κ3) is 3.71. The third-order valence-electron chi connectivity index (χ3n) is 3.08. The zero-order chi connectivity index (χ0) is 13.5. The number of unbranched alkanes of at least 4 members (excludes halogenated alkanes) is 1. The minimum Gasteiger partial charge on any atom is -0.116 e. The Morgan fingerprint density at radius 1 is 0.947 bits per heavy atom. The summed E-state index contributed by atoms with van der Waals surface area (Å²) in [5.41, 5.74) is 8.37. The van der Waals surface area contributed by atoms with Gasteiger partial charge in [-0.25, -0.2) is 0 Å². The van der Waals surface area contributed by atoms with Gasteiger partial charge in [0.2, 0.25) is 0 Å². The van der Waals surface area contributed by atoms with Crippen molar-refractivity contribution in [2.75, 3.05) is 0 Å². The van der Waals surface area contributed by atoms with Gasteiger partial charge in [-0.2, -0.15) is 0 Å². The molecule has 0 aliphatic rings. The summed E-state index contributed by atoms with van der Waals surface area (Å²) in [5.74, 6) is 0. The fraction of sp³-hybridized carbons (Fsp3) is 0.211. The van der Waals surface area contributed by atoms with Crippen molar-refractivity contribution in [2.45, 2.75) is 26.7 Å². The van der Waals surface area contributed by atoms with Crippen molar-refractivity contribution in [3.63, 3.8) is 0 Å². The Balaban J connectivity index is 2.46. The van der Waals surface area contributed by atoms with Crippen molar-refractivity contribution >= 4 is 5.57 Å². The smallest absolute Gasteiger partial charge is 0.0306 e. The van der Waals surface area contributed by atoms with E-state index in [2.05, 4.69) is 74.2 Å². The zero-order valence-electron chi connectivity index (χ0n) is 11.7. The van der Waals surface area contributed by atoms with E-state index >= 15 is 0 Å². The number of rotatable bonds is 4. The van der Waals surface area contributed by atoms with Gasteiger partial charge in [0.1, 0.15) is 0 Å². The maximum Gasteiger partial charge on any atom is 0.0306 e. The lowest BCUT2D eigenvalue weighted by atomic mass is 9.98. The molecule has 2 aromatic rings. The van der Waals surface area contributed by atoms with Crippen LogP contribution in [0.25, 0.3) is 5.57 Å². The molecule has 0 bridgehead atoms. The molecule has 0 atom stereocenters. The van der Waals surface area contributed by atoms with Crippen LogP contribution in [0.1, 0.15) is 36.5 Å². The van der Waals surface area contributed by atoms with Crippen LogP contribution in [0, 0.1) is 6.92 Å². The van der Waals surface area contributed by atoms with Crippen LogP contribution in [0.2, 0.25) is 0 Å². The Kier molecular flexibility index (Phi) is 4.78. The van der Waals surface area contributed by atoms with Gasteiger partial charge in [0.15, 0.2) is 0 Å². The van der Waals surface area contributed by atoms with E-state index in [1.165, 1.54) is 22.3 Å². The second-order valence-electron chi connectivity index (χ2n) is 4.74. The Morgan fingerprint density at radius 3 is 2.21 bits per heavy atom. The maximum absolute atomic E-state index is 3.46. The molecule has 0 spiro atoms. The molecule has 0 heteroatoms. The second-order valence-corrected chi connectivity index (χ2v) is 4.74. The third-order valence-corrected chi connectivity index (χ3v) is 3.08. The molecule has 0 nitrogen and oxygen atoms in total. The fourth-order valence-corrected chi connectivity index (χ4v) is 1.98. The molecule has 2 rings (SSSR count). The van der Waals surface area contributed by atoms with Crippen LogP contribution < -0.4 is 0 Å². The molecule has 0 saturated carbocycles. The highest BCUT2D eigenvalue weighted by Gasteiger charge is 2.03. The van der Waals surface area contributed by atoms with Crippen LogP contribution in [0.4, 0.5) is 0 Å². The summed E-state index contributed by atoms with van der Waals surface area (Å²) in [6.07, 6.45) is 4.37. The lowest BCUT2D eigenvalue weighted by Crippen LogP contribution is -1.86. The summed E-state index contributed by atoms with van der Waals surface area (Å²) in [5, 5.41) is 0. The molecule has 0 heterocycles. The van der Waals surface area contributed by atoms with Gasteiger partial charge in [0, 0.05) is 5.57 Å². The summed E-state index contributed by atoms with van der Waals surface area (Å²) in [7, 11) is 0. The van der Waals surface area contributed by atoms with Crippen LogP contribution in [0.15, 0.2) is 66.4 Å². The van der Waals surface area contributed by atoms with Gasteiger partial charge in [0.25, 0.3) is 0 Å². The first kappa shape index (κ1) is 13.4. The number of hydrogen-bond acceptors (Lipinski definition) is 0. The van der Waals surface area contributed by atoms with Gasteiger partial charge < -0.3 is 0 Å². The molecule has 0 fully saturated rings. The standard InChI is InChI=1S/C19H20/c1-3-4-6-11-19(17-9-7-5-8-10-17)18-14-12-16(2)13-15-18/h5-10,12-15H,3-4H2,1-2H3. The number of hydrogen-bond donors (Lipinski definition) is 0. The molecule has 0 N–H and O–H groups in total. The van der Waals surface area contributed by atoms with Gasteiger partial charge in [-0.15, -0.1) is 5.73 Å². The molecule has 0 unspecified atom stereocenters. The number of aryl methyl sites for hydroxylation is 1. The molecular formula is C19H20. The molecule has 2 aromatic carbocycles. The quantitative estimate of drug-likeness (QED) is 0.637. The Bertz CT molecular complexity index is 567. The highest BCUT2D eigenvalue weighted by molar-refractivity contribution is 5.79. The van der Waals surface area contributed by atoms with E-state index in [9.17, 15) is 0 Å². The van der Waals surface area contributed by atoms with Crippen LogP contribution in [-0.2, 0) is 0 Å². The van der Waals surface area contributed by atoms with E-state index < -0.39 is 0 Å². The van der Waals surface area contributed by atoms with E-state index in [1.54, 1.807) is 0 Å². The highest BCUT2D eigenvalue weighted by Crippen LogP contribution is 2.22. The average Bonchev–Trinajstić information content (AvgIpc) is 2.46. The van der Waals surface area contributed by atoms with Gasteiger partial charge in [-0.3, -0.25) is 0 Å². The number of benzene rings is 2. The number of allylic oxidation sites excluding steroid dienone is 1. The minimum atomic E-state index is 1.07. The van der Waals surface area contributed by atoms with Crippen molar-refractivity contribution in [1.29, 1.82) is 0 Å². The average molecular weight is 248 g/mol. The van der Waals surface area contributed by atoms with Crippen LogP contribution in [-0.4, -0.2) is 0 Å². The summed E-state index contributed by atoms with van der Waals surface area (Å²) in [4.78, 5) is 0. The second kappa shape index (κ2) is 6.78. The van der Waals surface area contributed by atoms with E-state index in [-0.39, 0.29) is 0 Å². The normalized spacial score (nSPS) is 9.79. The molecule has 0 aromatic heterocycles. The zero-order valence-corrected chi connectivity index (χ0v) is 11.7. The molecule has 19 heavy (non-hydrogen) atoms. The van der Waals surface area contributed by atoms with E-state index in [0.29, 0.717) is 0 Å². The van der Waals surface area contributed by atoms with Crippen LogP contribution in [0.5, 0.6) is 0 Å². The maximum atomic E-state index is 3.46. The van der Waals surface area contributed by atoms with Gasteiger partial charge in [0.05, 0.1) is 0 Å². The lowest BCUT2D eigenvalue weighted by Gasteiger charge is -2.06. The lowest BCUT2D eigenvalue weighted by molar-refractivity contribution is 0.960. The van der Waals surface area contributed by atoms with E-state index in [0.717, 1.165) is 12.8 Å². The largest absolute Gasteiger partial charge is 0.116 e. The fourth-order valence-electron chi connectivity index (χ4n) is 1.98. The molecular weight excluding hydrogens is 228 g/mol. The SMILES string of the molecule is CCCC=C=C(c1ccccc1)c1ccc(C)cc1. The first-order valence-corrected chi connectivity index (χ1v) is 6.89. The van der Waals surface area contributed by atoms with E-state index in [1.807, 2.05) is 6.07 Å². The predicted octanol–water partition coefficient (Wildman–Crippen LogP) is 5.38. The molecule has 0 radical (unpaired) electrons. The van der Waals surface area contributed by atoms with Gasteiger partial charge in [-0.05, 0) is 30.5 Å². The van der Waals surface area contributed by atoms with Crippen molar-refractivity contribution < 1.29 is 0 Å². The van der Waals surface area contributed by atoms with Crippen molar-refractivity contribution in [1.82, 2.24) is 0 Å². The van der Waals surface area contributed by atoms with Crippen molar-refractivity contribution in [3.05, 3.63) is 83.1 Å². The first-order valence-electron chi connectivity index (χ1n) is 6.89. The molecule has 96 valence electrons. The van der Waals surface area contributed by atoms with Crippen LogP contribution in [0.3, 0.4) is 0 Å². The van der Waals surface area contributed by atoms with Crippen LogP contribution >= 0.6 is 0 Å². The topological polar surface area (TPSA) is 0 Å². The molecule has 0 aliphatic carbocycles. The van der Waals surface area contributed by atoms with Gasteiger partial charge in [-0.1, -0.05) is 73.5 Å².